The van der Waals surface area contributed by atoms with Gasteiger partial charge in [-0.25, -0.2) is 13.1 Å². The number of sulfonamides is 1. The minimum atomic E-state index is -3.68. The molecule has 0 radical (unpaired) electrons. The molecule has 0 aliphatic rings. The number of rotatable bonds is 7. The number of nitrogens with one attached hydrogen (secondary N) is 1. The van der Waals surface area contributed by atoms with Gasteiger partial charge in [-0.15, -0.1) is 0 Å². The summed E-state index contributed by atoms with van der Waals surface area (Å²) in [6.07, 6.45) is 2.16. The van der Waals surface area contributed by atoms with E-state index >= 15 is 0 Å². The maximum atomic E-state index is 12.3. The Hall–Kier alpha value is -1.09. The lowest BCUT2D eigenvalue weighted by Crippen LogP contribution is -2.36. The average Bonchev–Trinajstić information content (AvgIpc) is 2.36. The number of nitrogens with two attached hydrogens (primary N) is 1. The van der Waals surface area contributed by atoms with E-state index in [0.29, 0.717) is 6.42 Å². The first-order valence-corrected chi connectivity index (χ1v) is 8.05. The highest BCUT2D eigenvalue weighted by Crippen LogP contribution is 2.13. The number of hydrogen-bond donors (Lipinski definition) is 2. The molecule has 1 aromatic rings. The molecule has 112 valence electrons. The molecular weight excluding hydrogens is 296 g/mol. The van der Waals surface area contributed by atoms with Crippen molar-refractivity contribution in [1.29, 1.82) is 0 Å². The van der Waals surface area contributed by atoms with E-state index in [2.05, 4.69) is 9.71 Å². The third-order valence-corrected chi connectivity index (χ3v) is 4.47. The fourth-order valence-corrected chi connectivity index (χ4v) is 3.31. The van der Waals surface area contributed by atoms with Crippen molar-refractivity contribution in [2.75, 3.05) is 20.6 Å². The molecule has 0 bridgehead atoms. The molecule has 0 aliphatic carbocycles. The molecule has 0 saturated heterocycles. The van der Waals surface area contributed by atoms with Gasteiger partial charge >= 0.3 is 0 Å². The number of nitrogens with zero attached hydrogens (tertiary/aromatic N) is 2. The van der Waals surface area contributed by atoms with Gasteiger partial charge in [0.05, 0.1) is 0 Å². The fourth-order valence-electron chi connectivity index (χ4n) is 1.63. The summed E-state index contributed by atoms with van der Waals surface area (Å²) in [6, 6.07) is 2.80. The van der Waals surface area contributed by atoms with Crippen LogP contribution in [0.5, 0.6) is 0 Å². The molecule has 0 aliphatic heterocycles. The molecule has 0 fully saturated rings. The third kappa shape index (κ3) is 4.78. The number of aromatic nitrogens is 1. The first-order valence-electron chi connectivity index (χ1n) is 6.16. The zero-order valence-corrected chi connectivity index (χ0v) is 13.5. The highest BCUT2D eigenvalue weighted by molar-refractivity contribution is 7.89. The van der Waals surface area contributed by atoms with Gasteiger partial charge < -0.3 is 10.6 Å². The Labute approximate surface area is 125 Å². The first kappa shape index (κ1) is 17.0. The summed E-state index contributed by atoms with van der Waals surface area (Å²) in [5.74, 6) is 0. The standard InChI is InChI=1S/C12H20N4O2S2/c1-9(6-8-16(2)3)15-20(17,18)10-5-4-7-14-11(10)12(13)19/h4-5,7,9,15H,6,8H2,1-3H3,(H2,13,19). The Morgan fingerprint density at radius 1 is 1.55 bits per heavy atom. The first-order chi connectivity index (χ1) is 9.24. The van der Waals surface area contributed by atoms with E-state index in [4.69, 9.17) is 18.0 Å². The van der Waals surface area contributed by atoms with Crippen LogP contribution in [0, 0.1) is 0 Å². The van der Waals surface area contributed by atoms with Crippen molar-refractivity contribution in [3.63, 3.8) is 0 Å². The molecular formula is C12H20N4O2S2. The summed E-state index contributed by atoms with van der Waals surface area (Å²) in [4.78, 5) is 5.91. The second-order valence-electron chi connectivity index (χ2n) is 4.83. The third-order valence-electron chi connectivity index (χ3n) is 2.66. The minimum Gasteiger partial charge on any atom is -0.388 e. The predicted octanol–water partition coefficient (Wildman–Crippen LogP) is 0.334. The van der Waals surface area contributed by atoms with E-state index in [1.807, 2.05) is 25.9 Å². The van der Waals surface area contributed by atoms with Crippen molar-refractivity contribution >= 4 is 27.2 Å². The quantitative estimate of drug-likeness (QED) is 0.705. The van der Waals surface area contributed by atoms with Crippen LogP contribution in [0.25, 0.3) is 0 Å². The molecule has 0 saturated carbocycles. The molecule has 1 unspecified atom stereocenters. The van der Waals surface area contributed by atoms with Crippen LogP contribution in [0.15, 0.2) is 23.2 Å². The highest BCUT2D eigenvalue weighted by atomic mass is 32.2. The summed E-state index contributed by atoms with van der Waals surface area (Å²) in [7, 11) is 0.194. The summed E-state index contributed by atoms with van der Waals surface area (Å²) in [5, 5.41) is 0. The minimum absolute atomic E-state index is 0.0178. The van der Waals surface area contributed by atoms with Crippen LogP contribution in [0.1, 0.15) is 19.0 Å². The van der Waals surface area contributed by atoms with E-state index in [0.717, 1.165) is 6.54 Å². The van der Waals surface area contributed by atoms with E-state index in [1.165, 1.54) is 12.3 Å². The van der Waals surface area contributed by atoms with Crippen molar-refractivity contribution in [1.82, 2.24) is 14.6 Å². The molecule has 8 heteroatoms. The number of thiocarbonyl (C=S) groups is 1. The molecule has 1 rings (SSSR count). The Morgan fingerprint density at radius 2 is 2.20 bits per heavy atom. The van der Waals surface area contributed by atoms with Gasteiger partial charge in [-0.2, -0.15) is 0 Å². The van der Waals surface area contributed by atoms with E-state index in [1.54, 1.807) is 6.07 Å². The number of hydrogen-bond acceptors (Lipinski definition) is 5. The second kappa shape index (κ2) is 7.07. The van der Waals surface area contributed by atoms with Crippen LogP contribution < -0.4 is 10.5 Å². The van der Waals surface area contributed by atoms with Gasteiger partial charge in [0.15, 0.2) is 0 Å². The van der Waals surface area contributed by atoms with Crippen molar-refractivity contribution < 1.29 is 8.42 Å². The molecule has 1 aromatic heterocycles. The largest absolute Gasteiger partial charge is 0.388 e. The smallest absolute Gasteiger partial charge is 0.243 e. The molecule has 1 atom stereocenters. The van der Waals surface area contributed by atoms with Crippen LogP contribution >= 0.6 is 12.2 Å². The van der Waals surface area contributed by atoms with Gasteiger partial charge in [-0.3, -0.25) is 4.98 Å². The maximum absolute atomic E-state index is 12.3. The predicted molar refractivity (Wildman–Crippen MR) is 83.1 cm³/mol. The molecule has 0 amide bonds. The van der Waals surface area contributed by atoms with Gasteiger partial charge in [0, 0.05) is 12.2 Å². The Balaban J connectivity index is 2.92. The van der Waals surface area contributed by atoms with Crippen molar-refractivity contribution in [2.24, 2.45) is 5.73 Å². The van der Waals surface area contributed by atoms with Gasteiger partial charge in [0.1, 0.15) is 15.6 Å². The zero-order chi connectivity index (χ0) is 15.3. The lowest BCUT2D eigenvalue weighted by Gasteiger charge is -2.17. The Kier molecular flexibility index (Phi) is 6.00. The molecule has 1 heterocycles. The van der Waals surface area contributed by atoms with Crippen LogP contribution in [0.2, 0.25) is 0 Å². The van der Waals surface area contributed by atoms with Crippen molar-refractivity contribution in [3.05, 3.63) is 24.0 Å². The number of pyridine rings is 1. The van der Waals surface area contributed by atoms with Crippen LogP contribution in [-0.4, -0.2) is 50.0 Å². The van der Waals surface area contributed by atoms with Gasteiger partial charge in [-0.1, -0.05) is 12.2 Å². The second-order valence-corrected chi connectivity index (χ2v) is 6.95. The molecule has 3 N–H and O–H groups in total. The molecule has 20 heavy (non-hydrogen) atoms. The molecule has 0 spiro atoms. The van der Waals surface area contributed by atoms with Gasteiger partial charge in [0.2, 0.25) is 10.0 Å². The fraction of sp³-hybridized carbons (Fsp3) is 0.500. The molecule has 0 aromatic carbocycles. The summed E-state index contributed by atoms with van der Waals surface area (Å²) in [5.41, 5.74) is 5.63. The summed E-state index contributed by atoms with van der Waals surface area (Å²) >= 11 is 4.83. The monoisotopic (exact) mass is 316 g/mol. The van der Waals surface area contributed by atoms with Crippen molar-refractivity contribution in [2.45, 2.75) is 24.3 Å². The lowest BCUT2D eigenvalue weighted by atomic mass is 10.2. The van der Waals surface area contributed by atoms with E-state index in [9.17, 15) is 8.42 Å². The zero-order valence-electron chi connectivity index (χ0n) is 11.8. The maximum Gasteiger partial charge on any atom is 0.243 e. The Bertz CT molecular complexity index is 573. The van der Waals surface area contributed by atoms with Crippen LogP contribution in [-0.2, 0) is 10.0 Å². The summed E-state index contributed by atoms with van der Waals surface area (Å²) < 4.78 is 27.3. The van der Waals surface area contributed by atoms with E-state index < -0.39 is 10.0 Å². The summed E-state index contributed by atoms with van der Waals surface area (Å²) in [6.45, 7) is 2.61. The van der Waals surface area contributed by atoms with Crippen LogP contribution in [0.3, 0.4) is 0 Å². The topological polar surface area (TPSA) is 88.3 Å². The lowest BCUT2D eigenvalue weighted by molar-refractivity contribution is 0.379. The Morgan fingerprint density at radius 3 is 2.75 bits per heavy atom. The SMILES string of the molecule is CC(CCN(C)C)NS(=O)(=O)c1cccnc1C(N)=S. The van der Waals surface area contributed by atoms with Crippen LogP contribution in [0.4, 0.5) is 0 Å². The van der Waals surface area contributed by atoms with E-state index in [-0.39, 0.29) is 21.6 Å². The average molecular weight is 316 g/mol. The van der Waals surface area contributed by atoms with Crippen molar-refractivity contribution in [3.8, 4) is 0 Å². The van der Waals surface area contributed by atoms with Gasteiger partial charge in [-0.05, 0) is 46.1 Å². The normalized spacial score (nSPS) is 13.4. The molecule has 6 nitrogen and oxygen atoms in total. The highest BCUT2D eigenvalue weighted by Gasteiger charge is 2.22. The van der Waals surface area contributed by atoms with Gasteiger partial charge in [0.25, 0.3) is 0 Å².